The van der Waals surface area contributed by atoms with E-state index in [0.717, 1.165) is 15.8 Å². The molecule has 5 N–H and O–H groups in total. The van der Waals surface area contributed by atoms with Gasteiger partial charge in [-0.15, -0.1) is 11.3 Å². The van der Waals surface area contributed by atoms with Gasteiger partial charge in [-0.25, -0.2) is 14.4 Å². The van der Waals surface area contributed by atoms with Crippen LogP contribution < -0.4 is 10.6 Å². The van der Waals surface area contributed by atoms with Gasteiger partial charge in [0.25, 0.3) is 0 Å². The number of aryl methyl sites for hydroxylation is 1. The van der Waals surface area contributed by atoms with Gasteiger partial charge >= 0.3 is 0 Å². The second kappa shape index (κ2) is 9.46. The van der Waals surface area contributed by atoms with E-state index >= 15 is 0 Å². The fourth-order valence-electron chi connectivity index (χ4n) is 4.44. The number of benzene rings is 2. The van der Waals surface area contributed by atoms with Crippen molar-refractivity contribution in [2.75, 3.05) is 17.2 Å². The third-order valence-electron chi connectivity index (χ3n) is 6.34. The summed E-state index contributed by atoms with van der Waals surface area (Å²) in [7, 11) is 0. The monoisotopic (exact) mass is 495 g/mol. The fraction of sp³-hybridized carbons (Fsp3) is 0.320. The molecule has 0 amide bonds. The van der Waals surface area contributed by atoms with Crippen molar-refractivity contribution in [3.05, 3.63) is 65.6 Å². The van der Waals surface area contributed by atoms with Crippen LogP contribution in [0.4, 0.5) is 16.2 Å². The van der Waals surface area contributed by atoms with Gasteiger partial charge in [0.1, 0.15) is 22.7 Å². The number of thiazole rings is 1. The molecule has 1 aliphatic rings. The molecule has 10 heteroatoms. The normalized spacial score (nSPS) is 22.0. The molecule has 1 aliphatic carbocycles. The number of rotatable bonds is 7. The Morgan fingerprint density at radius 1 is 1.14 bits per heavy atom. The average molecular weight is 496 g/mol. The summed E-state index contributed by atoms with van der Waals surface area (Å²) in [5.74, 6) is -0.162. The number of nitrogens with one attached hydrogen (secondary N) is 2. The van der Waals surface area contributed by atoms with E-state index in [1.165, 1.54) is 23.5 Å². The van der Waals surface area contributed by atoms with Crippen LogP contribution in [0.15, 0.2) is 48.5 Å². The number of hydrogen-bond donors (Lipinski definition) is 5. The van der Waals surface area contributed by atoms with Crippen LogP contribution in [0.5, 0.6) is 0 Å². The highest BCUT2D eigenvalue weighted by Gasteiger charge is 2.47. The molecule has 3 unspecified atom stereocenters. The van der Waals surface area contributed by atoms with E-state index in [4.69, 9.17) is 4.98 Å². The zero-order valence-corrected chi connectivity index (χ0v) is 19.9. The number of hydrogen-bond acceptors (Lipinski definition) is 9. The maximum atomic E-state index is 13.6. The second-order valence-electron chi connectivity index (χ2n) is 8.80. The van der Waals surface area contributed by atoms with Crippen LogP contribution >= 0.6 is 11.3 Å². The first kappa shape index (κ1) is 23.6. The van der Waals surface area contributed by atoms with Gasteiger partial charge < -0.3 is 26.0 Å². The van der Waals surface area contributed by atoms with Gasteiger partial charge in [0.05, 0.1) is 21.5 Å². The summed E-state index contributed by atoms with van der Waals surface area (Å²) in [6, 6.07) is 14.0. The molecule has 0 saturated heterocycles. The molecule has 1 fully saturated rings. The quantitative estimate of drug-likeness (QED) is 0.246. The summed E-state index contributed by atoms with van der Waals surface area (Å²) in [6.45, 7) is 1.91. The lowest BCUT2D eigenvalue weighted by atomic mass is 10.0. The number of fused-ring (bicyclic) bond motifs is 1. The summed E-state index contributed by atoms with van der Waals surface area (Å²) in [5, 5.41) is 38.3. The Morgan fingerprint density at radius 3 is 2.71 bits per heavy atom. The van der Waals surface area contributed by atoms with Crippen molar-refractivity contribution in [1.82, 2.24) is 15.0 Å². The first-order chi connectivity index (χ1) is 16.9. The second-order valence-corrected chi connectivity index (χ2v) is 9.83. The van der Waals surface area contributed by atoms with Gasteiger partial charge in [-0.2, -0.15) is 4.98 Å². The summed E-state index contributed by atoms with van der Waals surface area (Å²) >= 11 is 1.48. The Morgan fingerprint density at radius 2 is 1.97 bits per heavy atom. The molecule has 35 heavy (non-hydrogen) atoms. The van der Waals surface area contributed by atoms with Gasteiger partial charge in [0.2, 0.25) is 5.95 Å². The summed E-state index contributed by atoms with van der Waals surface area (Å²) in [4.78, 5) is 13.9. The minimum absolute atomic E-state index is 0.223. The van der Waals surface area contributed by atoms with Gasteiger partial charge in [-0.3, -0.25) is 0 Å². The van der Waals surface area contributed by atoms with Gasteiger partial charge in [0, 0.05) is 19.1 Å². The molecule has 182 valence electrons. The molecule has 2 aromatic heterocycles. The molecular weight excluding hydrogens is 469 g/mol. The number of nitrogens with zero attached hydrogens (tertiary/aromatic N) is 3. The molecule has 5 rings (SSSR count). The van der Waals surface area contributed by atoms with Gasteiger partial charge in [-0.1, -0.05) is 24.3 Å². The van der Waals surface area contributed by atoms with E-state index in [1.807, 2.05) is 31.2 Å². The highest BCUT2D eigenvalue weighted by atomic mass is 32.1. The van der Waals surface area contributed by atoms with Gasteiger partial charge in [0.15, 0.2) is 5.72 Å². The predicted octanol–water partition coefficient (Wildman–Crippen LogP) is 3.68. The molecule has 0 bridgehead atoms. The summed E-state index contributed by atoms with van der Waals surface area (Å²) in [6.07, 6.45) is -0.463. The lowest BCUT2D eigenvalue weighted by Gasteiger charge is -2.31. The smallest absolute Gasteiger partial charge is 0.225 e. The Hall–Kier alpha value is -3.18. The Balaban J connectivity index is 1.53. The molecule has 0 aliphatic heterocycles. The zero-order valence-electron chi connectivity index (χ0n) is 19.1. The van der Waals surface area contributed by atoms with E-state index in [0.29, 0.717) is 35.0 Å². The van der Waals surface area contributed by atoms with Crippen LogP contribution in [0.25, 0.3) is 20.8 Å². The van der Waals surface area contributed by atoms with E-state index < -0.39 is 17.7 Å². The fourth-order valence-corrected chi connectivity index (χ4v) is 5.50. The summed E-state index contributed by atoms with van der Waals surface area (Å²) < 4.78 is 14.6. The zero-order chi connectivity index (χ0) is 24.6. The Labute approximate surface area is 205 Å². The van der Waals surface area contributed by atoms with Crippen molar-refractivity contribution in [3.8, 4) is 10.6 Å². The third-order valence-corrected chi connectivity index (χ3v) is 7.39. The van der Waals surface area contributed by atoms with Crippen molar-refractivity contribution in [3.63, 3.8) is 0 Å². The topological polar surface area (TPSA) is 123 Å². The molecule has 1 saturated carbocycles. The third kappa shape index (κ3) is 4.70. The van der Waals surface area contributed by atoms with Crippen LogP contribution in [-0.4, -0.2) is 48.7 Å². The van der Waals surface area contributed by atoms with Crippen LogP contribution in [0.1, 0.15) is 24.1 Å². The predicted molar refractivity (Wildman–Crippen MR) is 133 cm³/mol. The van der Waals surface area contributed by atoms with E-state index in [2.05, 4.69) is 20.6 Å². The minimum Gasteiger partial charge on any atom is -0.396 e. The number of para-hydroxylation sites is 1. The maximum Gasteiger partial charge on any atom is 0.225 e. The van der Waals surface area contributed by atoms with E-state index in [1.54, 1.807) is 12.1 Å². The van der Waals surface area contributed by atoms with Crippen molar-refractivity contribution in [2.45, 2.75) is 38.1 Å². The average Bonchev–Trinajstić information content (AvgIpc) is 3.38. The van der Waals surface area contributed by atoms with E-state index in [9.17, 15) is 19.7 Å². The molecule has 3 atom stereocenters. The van der Waals surface area contributed by atoms with Crippen molar-refractivity contribution in [2.24, 2.45) is 5.92 Å². The molecule has 2 heterocycles. The van der Waals surface area contributed by atoms with Gasteiger partial charge in [-0.05, 0) is 49.6 Å². The highest BCUT2D eigenvalue weighted by Crippen LogP contribution is 2.40. The SMILES string of the molecule is Cc1nc(NCc2cccc(F)c2)nc(NC2(O)CCC(CO)C2O)c1-c1nc2ccccc2s1. The standard InChI is InChI=1S/C25H26FN5O3S/c1-14-20(23-29-18-7-2-3-8-19(18)35-23)22(31-25(34)10-9-16(13-32)21(25)33)30-24(28-14)27-12-15-5-4-6-17(26)11-15/h2-8,11,16,21,32-34H,9-10,12-13H2,1H3,(H2,27,28,30,31). The molecule has 0 spiro atoms. The highest BCUT2D eigenvalue weighted by molar-refractivity contribution is 7.21. The number of aromatic nitrogens is 3. The lowest BCUT2D eigenvalue weighted by molar-refractivity contribution is -0.0545. The Bertz CT molecular complexity index is 1330. The Kier molecular flexibility index (Phi) is 6.37. The van der Waals surface area contributed by atoms with Crippen LogP contribution in [0.2, 0.25) is 0 Å². The molecule has 0 radical (unpaired) electrons. The van der Waals surface area contributed by atoms with Crippen LogP contribution in [-0.2, 0) is 6.54 Å². The number of anilines is 2. The molecule has 8 nitrogen and oxygen atoms in total. The molecule has 2 aromatic carbocycles. The minimum atomic E-state index is -1.67. The van der Waals surface area contributed by atoms with Crippen molar-refractivity contribution in [1.29, 1.82) is 0 Å². The van der Waals surface area contributed by atoms with Crippen molar-refractivity contribution >= 4 is 33.3 Å². The number of halogens is 1. The molecule has 4 aromatic rings. The first-order valence-electron chi connectivity index (χ1n) is 11.4. The van der Waals surface area contributed by atoms with Crippen LogP contribution in [0.3, 0.4) is 0 Å². The lowest BCUT2D eigenvalue weighted by Crippen LogP contribution is -2.48. The van der Waals surface area contributed by atoms with Crippen molar-refractivity contribution < 1.29 is 19.7 Å². The maximum absolute atomic E-state index is 13.6. The number of aliphatic hydroxyl groups is 3. The first-order valence-corrected chi connectivity index (χ1v) is 12.2. The summed E-state index contributed by atoms with van der Waals surface area (Å²) in [5.41, 5.74) is 1.14. The largest absolute Gasteiger partial charge is 0.396 e. The number of aliphatic hydroxyl groups excluding tert-OH is 2. The van der Waals surface area contributed by atoms with Crippen LogP contribution in [0, 0.1) is 18.7 Å². The van der Waals surface area contributed by atoms with E-state index in [-0.39, 0.29) is 24.8 Å². The molecular formula is C25H26FN5O3S.